The molecular formula is C22H22N6O. The normalized spacial score (nSPS) is 15.1. The van der Waals surface area contributed by atoms with Crippen LogP contribution in [0.15, 0.2) is 54.9 Å². The second-order valence-corrected chi connectivity index (χ2v) is 7.54. The molecule has 2 N–H and O–H groups in total. The Morgan fingerprint density at radius 3 is 2.79 bits per heavy atom. The molecule has 0 spiro atoms. The zero-order valence-corrected chi connectivity index (χ0v) is 16.2. The number of aromatic nitrogens is 5. The van der Waals surface area contributed by atoms with Gasteiger partial charge in [0, 0.05) is 35.2 Å². The van der Waals surface area contributed by atoms with Crippen molar-refractivity contribution in [1.29, 1.82) is 0 Å². The topological polar surface area (TPSA) is 88.6 Å². The maximum absolute atomic E-state index is 5.37. The standard InChI is InChI=1S/C22H22N6O/c1-29-17-7-10-23-20(12-17)22(8-2-9-22)14-24-21-6-5-18(27-28-21)15-3-4-19-16(11-15)13-25-26-19/h3-7,10-13H,2,8-9,14H2,1H3,(H,24,28)(H,25,26). The molecule has 3 aromatic heterocycles. The van der Waals surface area contributed by atoms with Gasteiger partial charge in [0.1, 0.15) is 11.6 Å². The van der Waals surface area contributed by atoms with Gasteiger partial charge in [0.2, 0.25) is 0 Å². The first-order valence-electron chi connectivity index (χ1n) is 9.77. The first-order valence-corrected chi connectivity index (χ1v) is 9.77. The molecule has 1 saturated carbocycles. The van der Waals surface area contributed by atoms with E-state index in [9.17, 15) is 0 Å². The second kappa shape index (κ2) is 7.16. The van der Waals surface area contributed by atoms with Crippen molar-refractivity contribution in [1.82, 2.24) is 25.4 Å². The Kier molecular flexibility index (Phi) is 4.35. The van der Waals surface area contributed by atoms with E-state index >= 15 is 0 Å². The molecule has 0 atom stereocenters. The largest absolute Gasteiger partial charge is 0.497 e. The molecule has 0 unspecified atom stereocenters. The van der Waals surface area contributed by atoms with Crippen LogP contribution in [0.4, 0.5) is 5.82 Å². The van der Waals surface area contributed by atoms with Crippen LogP contribution in [-0.4, -0.2) is 39.0 Å². The molecule has 1 aliphatic carbocycles. The van der Waals surface area contributed by atoms with Crippen LogP contribution in [0.2, 0.25) is 0 Å². The van der Waals surface area contributed by atoms with Crippen molar-refractivity contribution in [3.8, 4) is 17.0 Å². The highest BCUT2D eigenvalue weighted by Gasteiger charge is 2.40. The van der Waals surface area contributed by atoms with Crippen molar-refractivity contribution in [2.24, 2.45) is 0 Å². The van der Waals surface area contributed by atoms with Crippen LogP contribution in [0.5, 0.6) is 5.75 Å². The molecule has 0 amide bonds. The number of benzene rings is 1. The van der Waals surface area contributed by atoms with E-state index in [1.165, 1.54) is 6.42 Å². The number of hydrogen-bond donors (Lipinski definition) is 2. The molecule has 0 radical (unpaired) electrons. The number of ether oxygens (including phenoxy) is 1. The molecule has 29 heavy (non-hydrogen) atoms. The summed E-state index contributed by atoms with van der Waals surface area (Å²) in [5.41, 5.74) is 3.98. The van der Waals surface area contributed by atoms with Gasteiger partial charge in [0.25, 0.3) is 0 Å². The fraction of sp³-hybridized carbons (Fsp3) is 0.273. The molecule has 0 aliphatic heterocycles. The molecule has 0 saturated heterocycles. The number of nitrogens with zero attached hydrogens (tertiary/aromatic N) is 4. The minimum Gasteiger partial charge on any atom is -0.497 e. The number of aromatic amines is 1. The molecule has 1 fully saturated rings. The third-order valence-electron chi connectivity index (χ3n) is 5.83. The maximum Gasteiger partial charge on any atom is 0.148 e. The second-order valence-electron chi connectivity index (χ2n) is 7.54. The van der Waals surface area contributed by atoms with Crippen molar-refractivity contribution >= 4 is 16.7 Å². The van der Waals surface area contributed by atoms with Crippen LogP contribution in [0.1, 0.15) is 25.0 Å². The van der Waals surface area contributed by atoms with E-state index in [2.05, 4.69) is 36.8 Å². The highest BCUT2D eigenvalue weighted by atomic mass is 16.5. The summed E-state index contributed by atoms with van der Waals surface area (Å²) in [5, 5.41) is 20.3. The summed E-state index contributed by atoms with van der Waals surface area (Å²) in [4.78, 5) is 4.60. The van der Waals surface area contributed by atoms with Crippen molar-refractivity contribution in [2.45, 2.75) is 24.7 Å². The van der Waals surface area contributed by atoms with Crippen molar-refractivity contribution < 1.29 is 4.74 Å². The van der Waals surface area contributed by atoms with Gasteiger partial charge in [-0.05, 0) is 43.2 Å². The van der Waals surface area contributed by atoms with Crippen molar-refractivity contribution in [3.63, 3.8) is 0 Å². The van der Waals surface area contributed by atoms with Gasteiger partial charge in [-0.25, -0.2) is 0 Å². The minimum atomic E-state index is 0.0290. The van der Waals surface area contributed by atoms with Gasteiger partial charge in [0.15, 0.2) is 0 Å². The predicted molar refractivity (Wildman–Crippen MR) is 112 cm³/mol. The summed E-state index contributed by atoms with van der Waals surface area (Å²) in [6.07, 6.45) is 7.06. The van der Waals surface area contributed by atoms with Crippen LogP contribution in [0, 0.1) is 0 Å². The van der Waals surface area contributed by atoms with E-state index in [1.54, 1.807) is 7.11 Å². The van der Waals surface area contributed by atoms with Gasteiger partial charge in [-0.2, -0.15) is 5.10 Å². The zero-order chi connectivity index (χ0) is 19.7. The average molecular weight is 386 g/mol. The van der Waals surface area contributed by atoms with Crippen molar-refractivity contribution in [2.75, 3.05) is 19.0 Å². The number of fused-ring (bicyclic) bond motifs is 1. The summed E-state index contributed by atoms with van der Waals surface area (Å²) in [7, 11) is 1.69. The van der Waals surface area contributed by atoms with E-state index in [1.807, 2.05) is 48.8 Å². The van der Waals surface area contributed by atoms with Crippen LogP contribution in [0.25, 0.3) is 22.2 Å². The maximum atomic E-state index is 5.37. The lowest BCUT2D eigenvalue weighted by molar-refractivity contribution is 0.251. The molecule has 4 aromatic rings. The Hall–Kier alpha value is -3.48. The predicted octanol–water partition coefficient (Wildman–Crippen LogP) is 3.96. The number of H-pyrrole nitrogens is 1. The number of methoxy groups -OCH3 is 1. The van der Waals surface area contributed by atoms with Gasteiger partial charge in [-0.1, -0.05) is 12.5 Å². The lowest BCUT2D eigenvalue weighted by Gasteiger charge is -2.41. The van der Waals surface area contributed by atoms with Gasteiger partial charge < -0.3 is 10.1 Å². The van der Waals surface area contributed by atoms with Gasteiger partial charge in [-0.3, -0.25) is 10.1 Å². The SMILES string of the molecule is COc1ccnc(C2(CNc3ccc(-c4ccc5[nH]ncc5c4)nn3)CCC2)c1. The molecule has 3 heterocycles. The minimum absolute atomic E-state index is 0.0290. The highest BCUT2D eigenvalue weighted by molar-refractivity contribution is 5.83. The molecule has 146 valence electrons. The zero-order valence-electron chi connectivity index (χ0n) is 16.2. The molecule has 5 rings (SSSR count). The molecule has 7 nitrogen and oxygen atoms in total. The van der Waals surface area contributed by atoms with Crippen LogP contribution < -0.4 is 10.1 Å². The Bertz CT molecular complexity index is 1130. The lowest BCUT2D eigenvalue weighted by Crippen LogP contribution is -2.41. The summed E-state index contributed by atoms with van der Waals surface area (Å²) in [5.74, 6) is 1.62. The van der Waals surface area contributed by atoms with Crippen molar-refractivity contribution in [3.05, 3.63) is 60.6 Å². The monoisotopic (exact) mass is 386 g/mol. The van der Waals surface area contributed by atoms with Crippen LogP contribution >= 0.6 is 0 Å². The number of pyridine rings is 1. The van der Waals surface area contributed by atoms with Crippen LogP contribution in [0.3, 0.4) is 0 Å². The van der Waals surface area contributed by atoms with Gasteiger partial charge in [-0.15, -0.1) is 10.2 Å². The molecular weight excluding hydrogens is 364 g/mol. The Morgan fingerprint density at radius 1 is 1.10 bits per heavy atom. The van der Waals surface area contributed by atoms with Crippen LogP contribution in [-0.2, 0) is 5.41 Å². The highest BCUT2D eigenvalue weighted by Crippen LogP contribution is 2.43. The van der Waals surface area contributed by atoms with E-state index in [0.29, 0.717) is 0 Å². The summed E-state index contributed by atoms with van der Waals surface area (Å²) < 4.78 is 5.37. The molecule has 1 aliphatic rings. The smallest absolute Gasteiger partial charge is 0.148 e. The average Bonchev–Trinajstić information content (AvgIpc) is 3.21. The van der Waals surface area contributed by atoms with E-state index in [4.69, 9.17) is 4.74 Å². The number of nitrogens with one attached hydrogen (secondary N) is 2. The third kappa shape index (κ3) is 3.29. The molecule has 1 aromatic carbocycles. The molecule has 0 bridgehead atoms. The fourth-order valence-electron chi connectivity index (χ4n) is 3.90. The Balaban J connectivity index is 1.31. The van der Waals surface area contributed by atoms with Gasteiger partial charge >= 0.3 is 0 Å². The lowest BCUT2D eigenvalue weighted by atomic mass is 9.66. The number of hydrogen-bond acceptors (Lipinski definition) is 6. The Morgan fingerprint density at radius 2 is 2.03 bits per heavy atom. The summed E-state index contributed by atoms with van der Waals surface area (Å²) in [6.45, 7) is 0.780. The fourth-order valence-corrected chi connectivity index (χ4v) is 3.90. The van der Waals surface area contributed by atoms with E-state index < -0.39 is 0 Å². The quantitative estimate of drug-likeness (QED) is 0.521. The third-order valence-corrected chi connectivity index (χ3v) is 5.83. The summed E-state index contributed by atoms with van der Waals surface area (Å²) >= 11 is 0. The van der Waals surface area contributed by atoms with E-state index in [0.717, 1.165) is 58.8 Å². The van der Waals surface area contributed by atoms with Gasteiger partial charge in [0.05, 0.1) is 30.2 Å². The number of anilines is 1. The first-order chi connectivity index (χ1) is 14.3. The van der Waals surface area contributed by atoms with E-state index in [-0.39, 0.29) is 5.41 Å². The molecule has 7 heteroatoms. The first kappa shape index (κ1) is 17.6. The summed E-state index contributed by atoms with van der Waals surface area (Å²) in [6, 6.07) is 14.0. The Labute approximate surface area is 168 Å². The number of rotatable bonds is 6.